The van der Waals surface area contributed by atoms with E-state index in [1.807, 2.05) is 29.2 Å². The molecule has 0 saturated carbocycles. The number of rotatable bonds is 5. The van der Waals surface area contributed by atoms with Gasteiger partial charge in [0.25, 0.3) is 11.5 Å². The minimum atomic E-state index is -0.509. The van der Waals surface area contributed by atoms with E-state index in [0.29, 0.717) is 59.5 Å². The number of methoxy groups -OCH3 is 1. The molecule has 1 fully saturated rings. The van der Waals surface area contributed by atoms with E-state index in [0.717, 1.165) is 5.69 Å². The molecule has 0 bridgehead atoms. The summed E-state index contributed by atoms with van der Waals surface area (Å²) in [7, 11) is 1.29. The van der Waals surface area contributed by atoms with Crippen LogP contribution in [0.3, 0.4) is 0 Å². The third kappa shape index (κ3) is 5.10. The van der Waals surface area contributed by atoms with Gasteiger partial charge in [-0.05, 0) is 85.9 Å². The number of nitrogens with one attached hydrogen (secondary N) is 1. The van der Waals surface area contributed by atoms with Gasteiger partial charge in [0, 0.05) is 43.0 Å². The number of esters is 1. The molecule has 1 saturated heterocycles. The molecule has 0 spiro atoms. The SMILES string of the molecule is COC(=O)c1ccc2c(=O)n(-c3ccc(C(=O)N4CCN(c5ccc(C(C)=O)cc5)CC4)cc3)c(=S)[nH]c2c1. The highest BCUT2D eigenvalue weighted by Crippen LogP contribution is 2.20. The first-order valence-electron chi connectivity index (χ1n) is 12.4. The Hall–Kier alpha value is -4.57. The molecular formula is C29H26N4O5S. The summed E-state index contributed by atoms with van der Waals surface area (Å²) in [6.07, 6.45) is 0. The lowest BCUT2D eigenvalue weighted by Crippen LogP contribution is -2.48. The molecule has 5 rings (SSSR count). The number of H-pyrrole nitrogens is 1. The van der Waals surface area contributed by atoms with Gasteiger partial charge in [-0.1, -0.05) is 0 Å². The molecule has 4 aromatic rings. The van der Waals surface area contributed by atoms with Crippen LogP contribution in [0.25, 0.3) is 16.6 Å². The molecule has 0 atom stereocenters. The number of aromatic nitrogens is 2. The number of hydrogen-bond acceptors (Lipinski definition) is 7. The van der Waals surface area contributed by atoms with Gasteiger partial charge in [0.2, 0.25) is 0 Å². The summed E-state index contributed by atoms with van der Waals surface area (Å²) in [4.78, 5) is 56.8. The summed E-state index contributed by atoms with van der Waals surface area (Å²) < 4.78 is 6.27. The second-order valence-corrected chi connectivity index (χ2v) is 9.64. The van der Waals surface area contributed by atoms with Gasteiger partial charge in [-0.3, -0.25) is 19.0 Å². The third-order valence-electron chi connectivity index (χ3n) is 6.90. The number of fused-ring (bicyclic) bond motifs is 1. The maximum absolute atomic E-state index is 13.2. The molecule has 3 aromatic carbocycles. The number of benzene rings is 3. The van der Waals surface area contributed by atoms with E-state index in [1.165, 1.54) is 23.8 Å². The van der Waals surface area contributed by atoms with E-state index in [1.54, 1.807) is 37.3 Å². The molecule has 2 heterocycles. The number of ether oxygens (including phenoxy) is 1. The minimum absolute atomic E-state index is 0.0322. The average molecular weight is 543 g/mol. The van der Waals surface area contributed by atoms with E-state index in [9.17, 15) is 19.2 Å². The van der Waals surface area contributed by atoms with Crippen molar-refractivity contribution in [1.29, 1.82) is 0 Å². The van der Waals surface area contributed by atoms with Crippen LogP contribution in [-0.4, -0.2) is 65.4 Å². The Morgan fingerprint density at radius 1 is 0.821 bits per heavy atom. The Balaban J connectivity index is 1.31. The number of ketones is 1. The molecule has 10 heteroatoms. The largest absolute Gasteiger partial charge is 0.465 e. The fourth-order valence-electron chi connectivity index (χ4n) is 4.71. The van der Waals surface area contributed by atoms with Crippen molar-refractivity contribution in [2.75, 3.05) is 38.2 Å². The molecule has 1 aromatic heterocycles. The number of nitrogens with zero attached hydrogens (tertiary/aromatic N) is 3. The average Bonchev–Trinajstić information content (AvgIpc) is 2.96. The van der Waals surface area contributed by atoms with Gasteiger partial charge in [0.15, 0.2) is 10.6 Å². The zero-order valence-electron chi connectivity index (χ0n) is 21.5. The van der Waals surface area contributed by atoms with Crippen LogP contribution in [-0.2, 0) is 4.74 Å². The van der Waals surface area contributed by atoms with Crippen LogP contribution in [0.15, 0.2) is 71.5 Å². The number of anilines is 1. The van der Waals surface area contributed by atoms with Crippen molar-refractivity contribution < 1.29 is 19.1 Å². The molecule has 198 valence electrons. The zero-order chi connectivity index (χ0) is 27.7. The van der Waals surface area contributed by atoms with Crippen LogP contribution in [0, 0.1) is 4.77 Å². The number of carbonyl (C=O) groups excluding carboxylic acids is 3. The van der Waals surface area contributed by atoms with E-state index in [4.69, 9.17) is 17.0 Å². The zero-order valence-corrected chi connectivity index (χ0v) is 22.3. The second kappa shape index (κ2) is 10.7. The number of piperazine rings is 1. The quantitative estimate of drug-likeness (QED) is 0.231. The summed E-state index contributed by atoms with van der Waals surface area (Å²) >= 11 is 5.44. The van der Waals surface area contributed by atoms with Gasteiger partial charge in [-0.25, -0.2) is 4.79 Å². The van der Waals surface area contributed by atoms with Crippen LogP contribution in [0.2, 0.25) is 0 Å². The predicted molar refractivity (Wildman–Crippen MR) is 151 cm³/mol. The highest BCUT2D eigenvalue weighted by Gasteiger charge is 2.23. The number of carbonyl (C=O) groups is 3. The van der Waals surface area contributed by atoms with Crippen LogP contribution in [0.1, 0.15) is 38.0 Å². The van der Waals surface area contributed by atoms with Crippen LogP contribution < -0.4 is 10.5 Å². The molecule has 0 aliphatic carbocycles. The molecule has 1 aliphatic heterocycles. The molecule has 0 radical (unpaired) electrons. The van der Waals surface area contributed by atoms with Gasteiger partial charge < -0.3 is 19.5 Å². The summed E-state index contributed by atoms with van der Waals surface area (Å²) in [5, 5.41) is 0.366. The van der Waals surface area contributed by atoms with E-state index in [2.05, 4.69) is 9.88 Å². The summed E-state index contributed by atoms with van der Waals surface area (Å²) in [5.41, 5.74) is 3.15. The fourth-order valence-corrected chi connectivity index (χ4v) is 5.01. The highest BCUT2D eigenvalue weighted by molar-refractivity contribution is 7.71. The van der Waals surface area contributed by atoms with E-state index in [-0.39, 0.29) is 22.0 Å². The number of amides is 1. The normalized spacial score (nSPS) is 13.4. The van der Waals surface area contributed by atoms with Crippen molar-refractivity contribution in [1.82, 2.24) is 14.5 Å². The Labute approximate surface area is 229 Å². The topological polar surface area (TPSA) is 105 Å². The molecule has 0 unspecified atom stereocenters. The Morgan fingerprint density at radius 3 is 2.03 bits per heavy atom. The lowest BCUT2D eigenvalue weighted by Gasteiger charge is -2.36. The van der Waals surface area contributed by atoms with Gasteiger partial charge in [-0.2, -0.15) is 0 Å². The first kappa shape index (κ1) is 26.1. The highest BCUT2D eigenvalue weighted by atomic mass is 32.1. The summed E-state index contributed by atoms with van der Waals surface area (Å²) in [6, 6.07) is 18.9. The van der Waals surface area contributed by atoms with Gasteiger partial charge >= 0.3 is 5.97 Å². The summed E-state index contributed by atoms with van der Waals surface area (Å²) in [6.45, 7) is 4.05. The minimum Gasteiger partial charge on any atom is -0.465 e. The predicted octanol–water partition coefficient (Wildman–Crippen LogP) is 4.00. The molecule has 1 amide bonds. The van der Waals surface area contributed by atoms with E-state index >= 15 is 0 Å². The van der Waals surface area contributed by atoms with Crippen molar-refractivity contribution in [3.8, 4) is 5.69 Å². The maximum atomic E-state index is 13.2. The van der Waals surface area contributed by atoms with Crippen LogP contribution in [0.4, 0.5) is 5.69 Å². The fraction of sp³-hybridized carbons (Fsp3) is 0.207. The number of hydrogen-bond donors (Lipinski definition) is 1. The first-order valence-corrected chi connectivity index (χ1v) is 12.8. The van der Waals surface area contributed by atoms with Gasteiger partial charge in [0.1, 0.15) is 0 Å². The van der Waals surface area contributed by atoms with Crippen molar-refractivity contribution in [3.63, 3.8) is 0 Å². The van der Waals surface area contributed by atoms with E-state index < -0.39 is 5.97 Å². The standard InChI is InChI=1S/C29H26N4O5S/c1-18(34)19-3-8-22(9-4-19)31-13-15-32(16-14-31)26(35)20-5-10-23(11-6-20)33-27(36)24-12-7-21(28(37)38-2)17-25(24)30-29(33)39/h3-12,17H,13-16H2,1-2H3,(H,30,39). The number of aromatic amines is 1. The first-order chi connectivity index (χ1) is 18.8. The lowest BCUT2D eigenvalue weighted by molar-refractivity contribution is 0.0600. The van der Waals surface area contributed by atoms with Gasteiger partial charge in [-0.15, -0.1) is 0 Å². The maximum Gasteiger partial charge on any atom is 0.337 e. The van der Waals surface area contributed by atoms with Crippen LogP contribution >= 0.6 is 12.2 Å². The summed E-state index contributed by atoms with van der Waals surface area (Å²) in [5.74, 6) is -0.561. The second-order valence-electron chi connectivity index (χ2n) is 9.25. The molecular weight excluding hydrogens is 516 g/mol. The Morgan fingerprint density at radius 2 is 1.41 bits per heavy atom. The smallest absolute Gasteiger partial charge is 0.337 e. The van der Waals surface area contributed by atoms with Gasteiger partial charge in [0.05, 0.1) is 29.3 Å². The van der Waals surface area contributed by atoms with Crippen molar-refractivity contribution >= 4 is 46.5 Å². The lowest BCUT2D eigenvalue weighted by atomic mass is 10.1. The molecule has 9 nitrogen and oxygen atoms in total. The van der Waals surface area contributed by atoms with Crippen LogP contribution in [0.5, 0.6) is 0 Å². The third-order valence-corrected chi connectivity index (χ3v) is 7.18. The molecule has 1 N–H and O–H groups in total. The molecule has 39 heavy (non-hydrogen) atoms. The Bertz CT molecular complexity index is 1700. The monoisotopic (exact) mass is 542 g/mol. The molecule has 1 aliphatic rings. The number of Topliss-reactive ketones (excluding diaryl/α,β-unsaturated/α-hetero) is 1. The van der Waals surface area contributed by atoms with Crippen molar-refractivity contribution in [3.05, 3.63) is 98.5 Å². The Kier molecular flexibility index (Phi) is 7.12. The van der Waals surface area contributed by atoms with Crippen molar-refractivity contribution in [2.24, 2.45) is 0 Å². The van der Waals surface area contributed by atoms with Crippen molar-refractivity contribution in [2.45, 2.75) is 6.92 Å².